The fourth-order valence-electron chi connectivity index (χ4n) is 2.36. The van der Waals surface area contributed by atoms with Crippen molar-refractivity contribution in [2.24, 2.45) is 0 Å². The minimum Gasteiger partial charge on any atom is -0.486 e. The minimum atomic E-state index is -0.431. The lowest BCUT2D eigenvalue weighted by atomic mass is 10.2. The predicted molar refractivity (Wildman–Crippen MR) is 111 cm³/mol. The molecule has 29 heavy (non-hydrogen) atoms. The van der Waals surface area contributed by atoms with Gasteiger partial charge in [0.15, 0.2) is 26.3 Å². The topological polar surface area (TPSA) is 116 Å². The third kappa shape index (κ3) is 5.08. The van der Waals surface area contributed by atoms with Crippen molar-refractivity contribution in [1.82, 2.24) is 10.2 Å². The Hall–Kier alpha value is -2.57. The van der Waals surface area contributed by atoms with Gasteiger partial charge in [0.1, 0.15) is 13.2 Å². The molecule has 0 radical (unpaired) electrons. The van der Waals surface area contributed by atoms with Crippen molar-refractivity contribution in [3.63, 3.8) is 0 Å². The molecule has 0 spiro atoms. The number of benzene rings is 1. The molecule has 4 rings (SSSR count). The summed E-state index contributed by atoms with van der Waals surface area (Å²) in [5.74, 6) is 0.929. The number of halogens is 1. The predicted octanol–water partition coefficient (Wildman–Crippen LogP) is 3.65. The number of hydrogen-bond acceptors (Lipinski definition) is 9. The van der Waals surface area contributed by atoms with Gasteiger partial charge in [0.2, 0.25) is 11.0 Å². The average Bonchev–Trinajstić information content (AvgIpc) is 3.35. The maximum Gasteiger partial charge on any atom is 0.293 e. The van der Waals surface area contributed by atoms with Gasteiger partial charge in [-0.05, 0) is 40.2 Å². The highest BCUT2D eigenvalue weighted by atomic mass is 79.9. The van der Waals surface area contributed by atoms with E-state index in [0.29, 0.717) is 44.5 Å². The molecule has 0 atom stereocenters. The van der Waals surface area contributed by atoms with Gasteiger partial charge in [0, 0.05) is 11.8 Å². The Bertz CT molecular complexity index is 1050. The molecule has 1 aliphatic rings. The Kier molecular flexibility index (Phi) is 6.02. The van der Waals surface area contributed by atoms with Gasteiger partial charge in [-0.25, -0.2) is 0 Å². The summed E-state index contributed by atoms with van der Waals surface area (Å²) in [4.78, 5) is 24.2. The van der Waals surface area contributed by atoms with Crippen molar-refractivity contribution in [3.05, 3.63) is 40.8 Å². The quantitative estimate of drug-likeness (QED) is 0.392. The lowest BCUT2D eigenvalue weighted by Crippen LogP contribution is -2.17. The highest BCUT2D eigenvalue weighted by Gasteiger charge is 2.15. The van der Waals surface area contributed by atoms with E-state index in [9.17, 15) is 9.59 Å². The lowest BCUT2D eigenvalue weighted by molar-refractivity contribution is -0.113. The molecular formula is C17H13BrN4O5S2. The average molecular weight is 497 g/mol. The second-order valence-corrected chi connectivity index (χ2v) is 8.61. The molecule has 150 valence electrons. The highest BCUT2D eigenvalue weighted by molar-refractivity contribution is 9.10. The van der Waals surface area contributed by atoms with Gasteiger partial charge >= 0.3 is 0 Å². The number of nitrogens with zero attached hydrogens (tertiary/aromatic N) is 2. The largest absolute Gasteiger partial charge is 0.486 e. The molecule has 2 N–H and O–H groups in total. The van der Waals surface area contributed by atoms with Gasteiger partial charge in [-0.15, -0.1) is 10.2 Å². The number of hydrogen-bond donors (Lipinski definition) is 2. The van der Waals surface area contributed by atoms with Crippen molar-refractivity contribution in [1.29, 1.82) is 0 Å². The van der Waals surface area contributed by atoms with E-state index < -0.39 is 5.91 Å². The molecule has 3 aromatic rings. The first-order valence-corrected chi connectivity index (χ1v) is 10.9. The van der Waals surface area contributed by atoms with Gasteiger partial charge < -0.3 is 19.2 Å². The summed E-state index contributed by atoms with van der Waals surface area (Å²) in [6.45, 7) is 0.992. The standard InChI is InChI=1S/C17H13BrN4O5S2/c18-13-4-3-11(27-13)15(24)20-16-21-22-17(29-16)28-8-14(23)19-9-1-2-10-12(7-9)26-6-5-25-10/h1-4,7H,5-6,8H2,(H,19,23)(H,20,21,24). The van der Waals surface area contributed by atoms with Crippen molar-refractivity contribution in [2.45, 2.75) is 4.34 Å². The molecule has 0 saturated heterocycles. The second-order valence-electron chi connectivity index (χ2n) is 5.63. The first-order chi connectivity index (χ1) is 14.1. The van der Waals surface area contributed by atoms with Crippen LogP contribution in [0.2, 0.25) is 0 Å². The Balaban J connectivity index is 1.28. The lowest BCUT2D eigenvalue weighted by Gasteiger charge is -2.18. The summed E-state index contributed by atoms with van der Waals surface area (Å²) in [5, 5.41) is 13.6. The Morgan fingerprint density at radius 2 is 1.93 bits per heavy atom. The number of amides is 2. The fourth-order valence-corrected chi connectivity index (χ4v) is 4.21. The number of rotatable bonds is 6. The van der Waals surface area contributed by atoms with E-state index in [2.05, 4.69) is 36.8 Å². The molecule has 0 bridgehead atoms. The number of aromatic nitrogens is 2. The van der Waals surface area contributed by atoms with Crippen LogP contribution < -0.4 is 20.1 Å². The van der Waals surface area contributed by atoms with Gasteiger partial charge in [0.05, 0.1) is 5.75 Å². The highest BCUT2D eigenvalue weighted by Crippen LogP contribution is 2.33. The van der Waals surface area contributed by atoms with Crippen molar-refractivity contribution >= 4 is 61.7 Å². The van der Waals surface area contributed by atoms with E-state index in [0.717, 1.165) is 0 Å². The Morgan fingerprint density at radius 3 is 2.72 bits per heavy atom. The van der Waals surface area contributed by atoms with Gasteiger partial charge in [0.25, 0.3) is 5.91 Å². The maximum absolute atomic E-state index is 12.2. The molecule has 12 heteroatoms. The van der Waals surface area contributed by atoms with Crippen LogP contribution in [0.3, 0.4) is 0 Å². The number of carbonyl (C=O) groups excluding carboxylic acids is 2. The second kappa shape index (κ2) is 8.84. The number of fused-ring (bicyclic) bond motifs is 1. The van der Waals surface area contributed by atoms with Crippen LogP contribution in [0, 0.1) is 0 Å². The molecule has 0 saturated carbocycles. The molecule has 1 aromatic carbocycles. The normalized spacial score (nSPS) is 12.4. The van der Waals surface area contributed by atoms with E-state index in [-0.39, 0.29) is 17.4 Å². The maximum atomic E-state index is 12.2. The monoisotopic (exact) mass is 496 g/mol. The molecule has 3 heterocycles. The molecule has 2 amide bonds. The number of ether oxygens (including phenoxy) is 2. The van der Waals surface area contributed by atoms with E-state index in [4.69, 9.17) is 13.9 Å². The molecule has 9 nitrogen and oxygen atoms in total. The van der Waals surface area contributed by atoms with E-state index >= 15 is 0 Å². The van der Waals surface area contributed by atoms with Crippen LogP contribution in [0.5, 0.6) is 11.5 Å². The smallest absolute Gasteiger partial charge is 0.293 e. The van der Waals surface area contributed by atoms with Crippen LogP contribution in [0.15, 0.2) is 43.8 Å². The van der Waals surface area contributed by atoms with E-state index in [1.54, 1.807) is 30.3 Å². The zero-order valence-corrected chi connectivity index (χ0v) is 17.9. The first-order valence-electron chi connectivity index (χ1n) is 8.29. The fraction of sp³-hybridized carbons (Fsp3) is 0.176. The zero-order valence-electron chi connectivity index (χ0n) is 14.6. The van der Waals surface area contributed by atoms with Crippen LogP contribution >= 0.6 is 39.0 Å². The summed E-state index contributed by atoms with van der Waals surface area (Å²) >= 11 is 5.53. The number of carbonyl (C=O) groups is 2. The molecule has 1 aliphatic heterocycles. The SMILES string of the molecule is O=C(CSc1nnc(NC(=O)c2ccc(Br)o2)s1)Nc1ccc2c(c1)OCCO2. The molecule has 0 unspecified atom stereocenters. The number of furan rings is 1. The third-order valence-corrected chi connectivity index (χ3v) is 5.97. The summed E-state index contributed by atoms with van der Waals surface area (Å²) in [7, 11) is 0. The zero-order chi connectivity index (χ0) is 20.2. The summed E-state index contributed by atoms with van der Waals surface area (Å²) < 4.78 is 17.1. The molecule has 0 fully saturated rings. The molecule has 0 aliphatic carbocycles. The summed E-state index contributed by atoms with van der Waals surface area (Å²) in [6.07, 6.45) is 0. The van der Waals surface area contributed by atoms with Gasteiger partial charge in [-0.3, -0.25) is 14.9 Å². The van der Waals surface area contributed by atoms with Gasteiger partial charge in [-0.2, -0.15) is 0 Å². The van der Waals surface area contributed by atoms with Crippen molar-refractivity contribution < 1.29 is 23.5 Å². The summed E-state index contributed by atoms with van der Waals surface area (Å²) in [6, 6.07) is 8.40. The number of anilines is 2. The van der Waals surface area contributed by atoms with Crippen LogP contribution in [0.4, 0.5) is 10.8 Å². The third-order valence-electron chi connectivity index (χ3n) is 3.58. The molecular weight excluding hydrogens is 484 g/mol. The first kappa shape index (κ1) is 19.7. The minimum absolute atomic E-state index is 0.141. The van der Waals surface area contributed by atoms with Crippen LogP contribution in [-0.2, 0) is 4.79 Å². The van der Waals surface area contributed by atoms with E-state index in [1.165, 1.54) is 23.1 Å². The van der Waals surface area contributed by atoms with Crippen LogP contribution in [0.1, 0.15) is 10.6 Å². The van der Waals surface area contributed by atoms with Crippen molar-refractivity contribution in [3.8, 4) is 11.5 Å². The van der Waals surface area contributed by atoms with Crippen LogP contribution in [-0.4, -0.2) is 41.0 Å². The Morgan fingerprint density at radius 1 is 1.10 bits per heavy atom. The number of nitrogens with one attached hydrogen (secondary N) is 2. The van der Waals surface area contributed by atoms with E-state index in [1.807, 2.05) is 0 Å². The summed E-state index contributed by atoms with van der Waals surface area (Å²) in [5.41, 5.74) is 0.620. The Labute approximate surface area is 181 Å². The van der Waals surface area contributed by atoms with Gasteiger partial charge in [-0.1, -0.05) is 23.1 Å². The van der Waals surface area contributed by atoms with Crippen LogP contribution in [0.25, 0.3) is 0 Å². The molecule has 2 aromatic heterocycles. The van der Waals surface area contributed by atoms with Crippen molar-refractivity contribution in [2.75, 3.05) is 29.6 Å². The number of thioether (sulfide) groups is 1.